The molecule has 0 fully saturated rings. The van der Waals surface area contributed by atoms with Crippen molar-refractivity contribution < 1.29 is 17.6 Å². The van der Waals surface area contributed by atoms with Gasteiger partial charge in [0.1, 0.15) is 5.82 Å². The van der Waals surface area contributed by atoms with Gasteiger partial charge < -0.3 is 4.98 Å². The molecular weight excluding hydrogens is 388 g/mol. The molecule has 1 heterocycles. The molecule has 3 aromatic carbocycles. The lowest BCUT2D eigenvalue weighted by Crippen LogP contribution is -2.03. The van der Waals surface area contributed by atoms with Crippen LogP contribution in [-0.2, 0) is 0 Å². The maximum absolute atomic E-state index is 14.8. The Labute approximate surface area is 162 Å². The molecule has 7 heteroatoms. The average molecular weight is 402 g/mol. The molecule has 0 saturated heterocycles. The topological polar surface area (TPSA) is 28.7 Å². The van der Waals surface area contributed by atoms with Gasteiger partial charge in [0.25, 0.3) is 0 Å². The molecule has 0 amide bonds. The van der Waals surface area contributed by atoms with Crippen molar-refractivity contribution in [3.8, 4) is 22.3 Å². The predicted octanol–water partition coefficient (Wildman–Crippen LogP) is 6.48. The van der Waals surface area contributed by atoms with Crippen molar-refractivity contribution in [2.75, 3.05) is 6.26 Å². The first-order valence-corrected chi connectivity index (χ1v) is 9.60. The zero-order valence-corrected chi connectivity index (χ0v) is 15.7. The second kappa shape index (κ2) is 6.98. The van der Waals surface area contributed by atoms with Crippen LogP contribution < -0.4 is 0 Å². The van der Waals surface area contributed by atoms with E-state index in [4.69, 9.17) is 0 Å². The number of thioether (sulfide) groups is 1. The number of aromatic amines is 1. The summed E-state index contributed by atoms with van der Waals surface area (Å²) in [7, 11) is 0. The monoisotopic (exact) mass is 402 g/mol. The van der Waals surface area contributed by atoms with Crippen LogP contribution in [0.5, 0.6) is 0 Å². The number of hydrogen-bond donors (Lipinski definition) is 1. The Bertz CT molecular complexity index is 1170. The van der Waals surface area contributed by atoms with E-state index in [0.29, 0.717) is 16.9 Å². The number of H-pyrrole nitrogens is 1. The highest BCUT2D eigenvalue weighted by Gasteiger charge is 2.27. The molecule has 4 aromatic rings. The van der Waals surface area contributed by atoms with Crippen LogP contribution in [0.3, 0.4) is 0 Å². The molecule has 1 N–H and O–H groups in total. The molecule has 0 unspecified atom stereocenters. The number of hydrogen-bond acceptors (Lipinski definition) is 2. The number of fused-ring (bicyclic) bond motifs is 1. The number of aromatic nitrogens is 2. The summed E-state index contributed by atoms with van der Waals surface area (Å²) in [6.07, 6.45) is 1.85. The van der Waals surface area contributed by atoms with Crippen LogP contribution in [0.15, 0.2) is 47.4 Å². The molecule has 2 nitrogen and oxygen atoms in total. The van der Waals surface area contributed by atoms with Gasteiger partial charge in [-0.05, 0) is 48.6 Å². The summed E-state index contributed by atoms with van der Waals surface area (Å²) in [5, 5.41) is 0. The van der Waals surface area contributed by atoms with Crippen LogP contribution in [0.25, 0.3) is 33.3 Å². The summed E-state index contributed by atoms with van der Waals surface area (Å²) in [5.41, 5.74) is -0.261. The Morgan fingerprint density at radius 3 is 1.89 bits per heavy atom. The van der Waals surface area contributed by atoms with Crippen molar-refractivity contribution in [2.45, 2.75) is 11.8 Å². The Hall–Kier alpha value is -2.80. The van der Waals surface area contributed by atoms with E-state index in [9.17, 15) is 17.6 Å². The van der Waals surface area contributed by atoms with Crippen LogP contribution >= 0.6 is 11.8 Å². The van der Waals surface area contributed by atoms with Crippen molar-refractivity contribution in [1.29, 1.82) is 0 Å². The van der Waals surface area contributed by atoms with Gasteiger partial charge in [0, 0.05) is 4.90 Å². The Morgan fingerprint density at radius 2 is 1.32 bits per heavy atom. The fourth-order valence-electron chi connectivity index (χ4n) is 3.19. The zero-order chi connectivity index (χ0) is 20.0. The van der Waals surface area contributed by atoms with Gasteiger partial charge in [-0.3, -0.25) is 0 Å². The lowest BCUT2D eigenvalue weighted by Gasteiger charge is -2.13. The van der Waals surface area contributed by atoms with Gasteiger partial charge in [0.2, 0.25) is 0 Å². The molecule has 0 aliphatic rings. The van der Waals surface area contributed by atoms with Gasteiger partial charge in [0.15, 0.2) is 23.3 Å². The normalized spacial score (nSPS) is 11.4. The molecule has 28 heavy (non-hydrogen) atoms. The minimum Gasteiger partial charge on any atom is -0.342 e. The number of nitrogens with zero attached hydrogens (tertiary/aromatic N) is 1. The highest BCUT2D eigenvalue weighted by molar-refractivity contribution is 7.98. The Balaban J connectivity index is 1.91. The van der Waals surface area contributed by atoms with Crippen LogP contribution in [0.2, 0.25) is 0 Å². The third kappa shape index (κ3) is 2.96. The van der Waals surface area contributed by atoms with E-state index < -0.39 is 34.4 Å². The first-order chi connectivity index (χ1) is 13.4. The standard InChI is InChI=1S/C21H14F4N2S/c1-10-26-14-8-5-12(9-15(14)27-10)17-20(24)18(22)16(19(23)21(17)25)11-3-6-13(28-2)7-4-11/h3-9H,1-2H3,(H,26,27). The Morgan fingerprint density at radius 1 is 0.786 bits per heavy atom. The van der Waals surface area contributed by atoms with E-state index in [1.54, 1.807) is 19.1 Å². The summed E-state index contributed by atoms with van der Waals surface area (Å²) in [6, 6.07) is 10.5. The van der Waals surface area contributed by atoms with E-state index >= 15 is 0 Å². The minimum absolute atomic E-state index is 0.0215. The van der Waals surface area contributed by atoms with Crippen molar-refractivity contribution in [1.82, 2.24) is 9.97 Å². The third-order valence-corrected chi connectivity index (χ3v) is 5.27. The zero-order valence-electron chi connectivity index (χ0n) is 14.9. The molecular formula is C21H14F4N2S. The number of imidazole rings is 1. The van der Waals surface area contributed by atoms with Gasteiger partial charge in [-0.1, -0.05) is 18.2 Å². The van der Waals surface area contributed by atoms with E-state index in [1.807, 2.05) is 6.26 Å². The second-order valence-corrected chi connectivity index (χ2v) is 7.17. The van der Waals surface area contributed by atoms with E-state index in [-0.39, 0.29) is 11.1 Å². The van der Waals surface area contributed by atoms with Gasteiger partial charge in [-0.25, -0.2) is 22.5 Å². The fraction of sp³-hybridized carbons (Fsp3) is 0.0952. The van der Waals surface area contributed by atoms with Gasteiger partial charge in [-0.2, -0.15) is 0 Å². The van der Waals surface area contributed by atoms with Crippen molar-refractivity contribution in [3.05, 3.63) is 71.6 Å². The summed E-state index contributed by atoms with van der Waals surface area (Å²) in [5.74, 6) is -5.09. The van der Waals surface area contributed by atoms with Crippen molar-refractivity contribution >= 4 is 22.8 Å². The highest BCUT2D eigenvalue weighted by Crippen LogP contribution is 2.37. The molecule has 4 rings (SSSR count). The summed E-state index contributed by atoms with van der Waals surface area (Å²) >= 11 is 1.45. The third-order valence-electron chi connectivity index (χ3n) is 4.53. The van der Waals surface area contributed by atoms with Crippen molar-refractivity contribution in [3.63, 3.8) is 0 Å². The summed E-state index contributed by atoms with van der Waals surface area (Å²) in [4.78, 5) is 8.01. The molecule has 0 atom stereocenters. The Kier molecular flexibility index (Phi) is 4.63. The minimum atomic E-state index is -1.43. The molecule has 0 bridgehead atoms. The highest BCUT2D eigenvalue weighted by atomic mass is 32.2. The quantitative estimate of drug-likeness (QED) is 0.241. The molecule has 0 spiro atoms. The van der Waals surface area contributed by atoms with Gasteiger partial charge >= 0.3 is 0 Å². The largest absolute Gasteiger partial charge is 0.342 e. The number of rotatable bonds is 3. The SMILES string of the molecule is CSc1ccc(-c2c(F)c(F)c(-c3ccc4nc(C)[nH]c4c3)c(F)c2F)cc1. The number of halogens is 4. The average Bonchev–Trinajstić information content (AvgIpc) is 3.07. The predicted molar refractivity (Wildman–Crippen MR) is 103 cm³/mol. The summed E-state index contributed by atoms with van der Waals surface area (Å²) < 4.78 is 59.2. The van der Waals surface area contributed by atoms with E-state index in [0.717, 1.165) is 4.90 Å². The molecule has 0 radical (unpaired) electrons. The first kappa shape index (κ1) is 18.6. The first-order valence-electron chi connectivity index (χ1n) is 8.37. The molecule has 0 aliphatic heterocycles. The van der Waals surface area contributed by atoms with Crippen LogP contribution in [0.4, 0.5) is 17.6 Å². The smallest absolute Gasteiger partial charge is 0.170 e. The second-order valence-electron chi connectivity index (χ2n) is 6.29. The maximum atomic E-state index is 14.8. The molecule has 0 aliphatic carbocycles. The van der Waals surface area contributed by atoms with Crippen molar-refractivity contribution in [2.24, 2.45) is 0 Å². The lowest BCUT2D eigenvalue weighted by atomic mass is 9.97. The molecule has 1 aromatic heterocycles. The van der Waals surface area contributed by atoms with E-state index in [1.165, 1.54) is 42.1 Å². The van der Waals surface area contributed by atoms with E-state index in [2.05, 4.69) is 9.97 Å². The number of nitrogens with one attached hydrogen (secondary N) is 1. The van der Waals surface area contributed by atoms with Gasteiger partial charge in [-0.15, -0.1) is 11.8 Å². The molecule has 0 saturated carbocycles. The molecule has 142 valence electrons. The maximum Gasteiger partial charge on any atom is 0.170 e. The number of benzene rings is 3. The van der Waals surface area contributed by atoms with Gasteiger partial charge in [0.05, 0.1) is 22.2 Å². The van der Waals surface area contributed by atoms with Crippen LogP contribution in [0.1, 0.15) is 5.82 Å². The lowest BCUT2D eigenvalue weighted by molar-refractivity contribution is 0.463. The number of aryl methyl sites for hydroxylation is 1. The van der Waals surface area contributed by atoms with Crippen LogP contribution in [-0.4, -0.2) is 16.2 Å². The summed E-state index contributed by atoms with van der Waals surface area (Å²) in [6.45, 7) is 1.73. The van der Waals surface area contributed by atoms with Crippen LogP contribution in [0, 0.1) is 30.2 Å². The fourth-order valence-corrected chi connectivity index (χ4v) is 3.60.